The molecular formula is C21H22BrN3O2S. The van der Waals surface area contributed by atoms with Crippen LogP contribution < -0.4 is 5.32 Å². The maximum absolute atomic E-state index is 12.6. The van der Waals surface area contributed by atoms with Gasteiger partial charge in [-0.05, 0) is 36.6 Å². The van der Waals surface area contributed by atoms with Crippen molar-refractivity contribution in [1.29, 1.82) is 0 Å². The van der Waals surface area contributed by atoms with Gasteiger partial charge in [0.05, 0.1) is 10.6 Å². The molecule has 0 aromatic heterocycles. The van der Waals surface area contributed by atoms with Crippen molar-refractivity contribution in [1.82, 2.24) is 9.80 Å². The molecule has 2 fully saturated rings. The number of rotatable bonds is 3. The van der Waals surface area contributed by atoms with Crippen molar-refractivity contribution < 1.29 is 9.59 Å². The molecule has 5 nitrogen and oxygen atoms in total. The van der Waals surface area contributed by atoms with Gasteiger partial charge in [0, 0.05) is 29.8 Å². The van der Waals surface area contributed by atoms with Gasteiger partial charge in [-0.3, -0.25) is 4.79 Å². The second-order valence-corrected chi connectivity index (χ2v) is 9.38. The van der Waals surface area contributed by atoms with Crippen LogP contribution in [0.2, 0.25) is 0 Å². The van der Waals surface area contributed by atoms with Crippen molar-refractivity contribution in [3.8, 4) is 0 Å². The van der Waals surface area contributed by atoms with Gasteiger partial charge in [-0.1, -0.05) is 52.3 Å². The molecule has 0 atom stereocenters. The third kappa shape index (κ3) is 4.05. The summed E-state index contributed by atoms with van der Waals surface area (Å²) in [5.74, 6) is 0.720. The quantitative estimate of drug-likeness (QED) is 0.732. The first kappa shape index (κ1) is 19.3. The summed E-state index contributed by atoms with van der Waals surface area (Å²) in [6.07, 6.45) is 1.59. The molecular weight excluding hydrogens is 438 g/mol. The predicted octanol–water partition coefficient (Wildman–Crippen LogP) is 4.55. The fraction of sp³-hybridized carbons (Fsp3) is 0.333. The molecule has 2 heterocycles. The molecule has 0 radical (unpaired) electrons. The zero-order valence-electron chi connectivity index (χ0n) is 15.4. The number of thioether (sulfide) groups is 1. The van der Waals surface area contributed by atoms with E-state index in [1.165, 1.54) is 0 Å². The number of amides is 3. The maximum atomic E-state index is 12.6. The van der Waals surface area contributed by atoms with Crippen molar-refractivity contribution in [2.24, 2.45) is 0 Å². The molecule has 0 saturated carbocycles. The lowest BCUT2D eigenvalue weighted by Crippen LogP contribution is -2.53. The smallest absolute Gasteiger partial charge is 0.321 e. The maximum Gasteiger partial charge on any atom is 0.321 e. The molecule has 2 aliphatic heterocycles. The van der Waals surface area contributed by atoms with Gasteiger partial charge in [-0.25, -0.2) is 4.79 Å². The number of hydrogen-bond donors (Lipinski definition) is 1. The second kappa shape index (κ2) is 8.17. The highest BCUT2D eigenvalue weighted by molar-refractivity contribution is 9.10. The van der Waals surface area contributed by atoms with Gasteiger partial charge < -0.3 is 15.1 Å². The van der Waals surface area contributed by atoms with E-state index in [1.54, 1.807) is 11.8 Å². The topological polar surface area (TPSA) is 52.7 Å². The Balaban J connectivity index is 1.40. The van der Waals surface area contributed by atoms with Gasteiger partial charge in [-0.15, -0.1) is 11.8 Å². The number of benzene rings is 2. The van der Waals surface area contributed by atoms with Crippen molar-refractivity contribution in [3.63, 3.8) is 0 Å². The van der Waals surface area contributed by atoms with Crippen molar-refractivity contribution in [2.45, 2.75) is 24.3 Å². The average molecular weight is 460 g/mol. The largest absolute Gasteiger partial charge is 0.324 e. The molecule has 2 saturated heterocycles. The van der Waals surface area contributed by atoms with Crippen LogP contribution in [0.5, 0.6) is 0 Å². The van der Waals surface area contributed by atoms with Crippen LogP contribution in [0, 0.1) is 0 Å². The zero-order valence-corrected chi connectivity index (χ0v) is 17.8. The molecule has 2 aromatic carbocycles. The molecule has 0 unspecified atom stereocenters. The Morgan fingerprint density at radius 2 is 1.86 bits per heavy atom. The monoisotopic (exact) mass is 459 g/mol. The predicted molar refractivity (Wildman–Crippen MR) is 116 cm³/mol. The highest BCUT2D eigenvalue weighted by Gasteiger charge is 2.48. The first-order chi connectivity index (χ1) is 13.6. The van der Waals surface area contributed by atoms with E-state index in [0.29, 0.717) is 25.4 Å². The Hall–Kier alpha value is -1.99. The molecule has 3 amide bonds. The fourth-order valence-corrected chi connectivity index (χ4v) is 5.56. The summed E-state index contributed by atoms with van der Waals surface area (Å²) in [7, 11) is 0. The van der Waals surface area contributed by atoms with Crippen LogP contribution in [-0.4, -0.2) is 45.5 Å². The number of carbonyl (C=O) groups is 2. The van der Waals surface area contributed by atoms with Crippen molar-refractivity contribution in [2.75, 3.05) is 24.2 Å². The van der Waals surface area contributed by atoms with E-state index in [-0.39, 0.29) is 16.8 Å². The van der Waals surface area contributed by atoms with Crippen LogP contribution in [0.25, 0.3) is 0 Å². The summed E-state index contributed by atoms with van der Waals surface area (Å²) in [6, 6.07) is 17.6. The molecule has 146 valence electrons. The molecule has 1 spiro atoms. The van der Waals surface area contributed by atoms with Crippen molar-refractivity contribution in [3.05, 3.63) is 64.6 Å². The number of likely N-dealkylation sites (tertiary alicyclic amines) is 1. The van der Waals surface area contributed by atoms with Gasteiger partial charge in [0.2, 0.25) is 5.91 Å². The minimum absolute atomic E-state index is 0.0862. The molecule has 28 heavy (non-hydrogen) atoms. The van der Waals surface area contributed by atoms with Gasteiger partial charge in [-0.2, -0.15) is 0 Å². The van der Waals surface area contributed by atoms with E-state index in [4.69, 9.17) is 0 Å². The average Bonchev–Trinajstić information content (AvgIpc) is 2.99. The fourth-order valence-electron chi connectivity index (χ4n) is 3.82. The molecule has 0 bridgehead atoms. The molecule has 0 aliphatic carbocycles. The van der Waals surface area contributed by atoms with Crippen LogP contribution in [0.4, 0.5) is 10.5 Å². The van der Waals surface area contributed by atoms with Crippen LogP contribution >= 0.6 is 27.7 Å². The second-order valence-electron chi connectivity index (χ2n) is 7.13. The van der Waals surface area contributed by atoms with E-state index in [1.807, 2.05) is 52.3 Å². The molecule has 4 rings (SSSR count). The Labute approximate surface area is 177 Å². The minimum Gasteiger partial charge on any atom is -0.324 e. The van der Waals surface area contributed by atoms with Gasteiger partial charge in [0.1, 0.15) is 0 Å². The highest BCUT2D eigenvalue weighted by atomic mass is 79.9. The zero-order chi connectivity index (χ0) is 19.6. The third-order valence-electron chi connectivity index (χ3n) is 5.35. The summed E-state index contributed by atoms with van der Waals surface area (Å²) in [5.41, 5.74) is 1.92. The van der Waals surface area contributed by atoms with E-state index in [2.05, 4.69) is 33.4 Å². The van der Waals surface area contributed by atoms with E-state index >= 15 is 0 Å². The van der Waals surface area contributed by atoms with Crippen LogP contribution in [0.1, 0.15) is 18.4 Å². The van der Waals surface area contributed by atoms with Gasteiger partial charge in [0.25, 0.3) is 0 Å². The Morgan fingerprint density at radius 3 is 2.57 bits per heavy atom. The summed E-state index contributed by atoms with van der Waals surface area (Å²) in [6.45, 7) is 1.92. The number of nitrogens with zero attached hydrogens (tertiary/aromatic N) is 2. The van der Waals surface area contributed by atoms with Crippen molar-refractivity contribution >= 4 is 45.3 Å². The lowest BCUT2D eigenvalue weighted by atomic mass is 10.0. The first-order valence-electron chi connectivity index (χ1n) is 9.36. The molecule has 2 aromatic rings. The van der Waals surface area contributed by atoms with Crippen LogP contribution in [-0.2, 0) is 11.3 Å². The van der Waals surface area contributed by atoms with E-state index in [0.717, 1.165) is 28.6 Å². The lowest BCUT2D eigenvalue weighted by molar-refractivity contribution is -0.131. The normalized spacial score (nSPS) is 18.5. The number of anilines is 1. The highest BCUT2D eigenvalue weighted by Crippen LogP contribution is 2.45. The summed E-state index contributed by atoms with van der Waals surface area (Å²) >= 11 is 5.16. The standard InChI is InChI=1S/C21H22BrN3O2S/c22-17-7-4-8-18(13-17)23-20(27)24-11-9-21(10-12-24)25(19(26)15-28-21)14-16-5-2-1-3-6-16/h1-8,13H,9-12,14-15H2,(H,23,27). The summed E-state index contributed by atoms with van der Waals surface area (Å²) in [4.78, 5) is 28.9. The van der Waals surface area contributed by atoms with Crippen LogP contribution in [0.3, 0.4) is 0 Å². The SMILES string of the molecule is O=C(Nc1cccc(Br)c1)N1CCC2(CC1)SCC(=O)N2Cc1ccccc1. The number of hydrogen-bond acceptors (Lipinski definition) is 3. The molecule has 1 N–H and O–H groups in total. The number of piperidine rings is 1. The van der Waals surface area contributed by atoms with E-state index in [9.17, 15) is 9.59 Å². The summed E-state index contributed by atoms with van der Waals surface area (Å²) in [5, 5.41) is 2.96. The lowest BCUT2D eigenvalue weighted by Gasteiger charge is -2.44. The Morgan fingerprint density at radius 1 is 1.11 bits per heavy atom. The Kier molecular flexibility index (Phi) is 5.64. The number of urea groups is 1. The number of halogens is 1. The number of carbonyl (C=O) groups excluding carboxylic acids is 2. The van der Waals surface area contributed by atoms with Crippen LogP contribution in [0.15, 0.2) is 59.1 Å². The Bertz CT molecular complexity index is 869. The first-order valence-corrected chi connectivity index (χ1v) is 11.1. The van der Waals surface area contributed by atoms with Gasteiger partial charge >= 0.3 is 6.03 Å². The number of nitrogens with one attached hydrogen (secondary N) is 1. The molecule has 7 heteroatoms. The van der Waals surface area contributed by atoms with E-state index < -0.39 is 0 Å². The third-order valence-corrected chi connectivity index (χ3v) is 7.40. The molecule has 2 aliphatic rings. The van der Waals surface area contributed by atoms with Gasteiger partial charge in [0.15, 0.2) is 0 Å². The minimum atomic E-state index is -0.195. The summed E-state index contributed by atoms with van der Waals surface area (Å²) < 4.78 is 0.931.